The molecule has 3 rings (SSSR count). The van der Waals surface area contributed by atoms with Gasteiger partial charge in [0.05, 0.1) is 0 Å². The molecule has 236 valence electrons. The third-order valence-corrected chi connectivity index (χ3v) is 9.15. The molecule has 0 atom stereocenters. The van der Waals surface area contributed by atoms with Crippen LogP contribution in [0.2, 0.25) is 0 Å². The third kappa shape index (κ3) is 8.57. The average molecular weight is 603 g/mol. The molecule has 0 N–H and O–H groups in total. The first-order valence-corrected chi connectivity index (χ1v) is 16.9. The Kier molecular flexibility index (Phi) is 15.4. The fraction of sp³-hybridized carbons (Fsp3) is 0.571. The SMILES string of the molecule is CC(C)c1cc(C(C)C)c(-c2[c-]c(-c3c(C(C)C)cc(C(C)C)cc3C(C)C)c(C(C)C)cc2C(C)C)c(C(C)C)c1.[Al+3].[H-].[H-].[H-].[Li+]. The maximum Gasteiger partial charge on any atom is 3.00 e. The van der Waals surface area contributed by atoms with Crippen LogP contribution in [-0.4, -0.2) is 17.4 Å². The van der Waals surface area contributed by atoms with E-state index in [4.69, 9.17) is 0 Å². The van der Waals surface area contributed by atoms with Crippen LogP contribution in [0.1, 0.15) is 207 Å². The van der Waals surface area contributed by atoms with E-state index in [1.54, 1.807) is 0 Å². The van der Waals surface area contributed by atoms with Crippen LogP contribution in [-0.2, 0) is 0 Å². The molecule has 3 aromatic carbocycles. The van der Waals surface area contributed by atoms with Crippen molar-refractivity contribution in [2.24, 2.45) is 0 Å². The molecule has 0 saturated heterocycles. The van der Waals surface area contributed by atoms with Crippen LogP contribution in [0.5, 0.6) is 0 Å². The summed E-state index contributed by atoms with van der Waals surface area (Å²) < 4.78 is 0. The van der Waals surface area contributed by atoms with Crippen molar-refractivity contribution in [3.63, 3.8) is 0 Å². The Bertz CT molecular complexity index is 1240. The fourth-order valence-corrected chi connectivity index (χ4v) is 6.39. The summed E-state index contributed by atoms with van der Waals surface area (Å²) in [7, 11) is 0. The molecule has 0 nitrogen and oxygen atoms in total. The second kappa shape index (κ2) is 16.6. The van der Waals surface area contributed by atoms with E-state index in [1.807, 2.05) is 0 Å². The molecular weight excluding hydrogens is 538 g/mol. The van der Waals surface area contributed by atoms with Crippen LogP contribution in [0, 0.1) is 6.07 Å². The zero-order valence-corrected chi connectivity index (χ0v) is 32.7. The zero-order chi connectivity index (χ0) is 31.8. The van der Waals surface area contributed by atoms with E-state index in [2.05, 4.69) is 147 Å². The van der Waals surface area contributed by atoms with Crippen LogP contribution in [0.3, 0.4) is 0 Å². The van der Waals surface area contributed by atoms with Crippen LogP contribution in [0.25, 0.3) is 22.3 Å². The summed E-state index contributed by atoms with van der Waals surface area (Å²) in [6.45, 7) is 37.7. The first kappa shape index (κ1) is 40.8. The number of rotatable bonds is 10. The van der Waals surface area contributed by atoms with Crippen molar-refractivity contribution >= 4 is 17.4 Å². The molecule has 0 amide bonds. The van der Waals surface area contributed by atoms with Gasteiger partial charge in [-0.05, 0) is 58.5 Å². The first-order chi connectivity index (χ1) is 19.5. The monoisotopic (exact) mass is 602 g/mol. The minimum absolute atomic E-state index is 0. The topological polar surface area (TPSA) is 0 Å². The maximum absolute atomic E-state index is 4.26. The Balaban J connectivity index is -0.00000387. The van der Waals surface area contributed by atoms with Crippen molar-refractivity contribution in [1.82, 2.24) is 0 Å². The van der Waals surface area contributed by atoms with Gasteiger partial charge in [-0.15, -0.1) is 34.4 Å². The van der Waals surface area contributed by atoms with Gasteiger partial charge in [-0.25, -0.2) is 0 Å². The van der Waals surface area contributed by atoms with E-state index < -0.39 is 0 Å². The molecule has 44 heavy (non-hydrogen) atoms. The molecule has 3 aromatic rings. The summed E-state index contributed by atoms with van der Waals surface area (Å²) in [5.41, 5.74) is 17.1. The van der Waals surface area contributed by atoms with Gasteiger partial charge in [0.25, 0.3) is 0 Å². The van der Waals surface area contributed by atoms with Gasteiger partial charge in [0, 0.05) is 0 Å². The van der Waals surface area contributed by atoms with Crippen LogP contribution in [0.15, 0.2) is 30.3 Å². The molecule has 0 saturated carbocycles. The predicted molar refractivity (Wildman–Crippen MR) is 198 cm³/mol. The van der Waals surface area contributed by atoms with E-state index in [9.17, 15) is 0 Å². The molecule has 0 radical (unpaired) electrons. The van der Waals surface area contributed by atoms with Gasteiger partial charge in [-0.1, -0.05) is 168 Å². The summed E-state index contributed by atoms with van der Waals surface area (Å²) in [4.78, 5) is 0. The molecule has 0 aliphatic carbocycles. The molecule has 0 fully saturated rings. The van der Waals surface area contributed by atoms with Crippen LogP contribution < -0.4 is 18.9 Å². The van der Waals surface area contributed by atoms with Gasteiger partial charge in [-0.3, -0.25) is 0 Å². The quantitative estimate of drug-likeness (QED) is 0.160. The molecule has 0 heterocycles. The molecule has 0 unspecified atom stereocenters. The van der Waals surface area contributed by atoms with E-state index in [-0.39, 0.29) is 40.5 Å². The molecular formula is C42H64AlLi. The van der Waals surface area contributed by atoms with Gasteiger partial charge in [0.15, 0.2) is 0 Å². The standard InChI is InChI=1S/C42H61.Al.Li.3H/c1-23(2)31-17-35(27(9)10)41(36(18-31)28(11)12)39-22-40(34(26(7)8)21-33(39)25(5)6)42-37(29(13)14)19-32(24(3)4)20-38(42)30(15)16;;;;;/h17-21,23-30H,1-16H3;;;;;/q-1;+3;+1;3*-1. The van der Waals surface area contributed by atoms with Crippen molar-refractivity contribution < 1.29 is 23.1 Å². The van der Waals surface area contributed by atoms with Crippen molar-refractivity contribution in [2.75, 3.05) is 0 Å². The fourth-order valence-electron chi connectivity index (χ4n) is 6.39. The third-order valence-electron chi connectivity index (χ3n) is 9.15. The van der Waals surface area contributed by atoms with Crippen molar-refractivity contribution in [2.45, 2.75) is 158 Å². The van der Waals surface area contributed by atoms with E-state index >= 15 is 0 Å². The van der Waals surface area contributed by atoms with Crippen molar-refractivity contribution in [1.29, 1.82) is 0 Å². The summed E-state index contributed by atoms with van der Waals surface area (Å²) >= 11 is 0. The van der Waals surface area contributed by atoms with Crippen molar-refractivity contribution in [3.05, 3.63) is 80.9 Å². The smallest absolute Gasteiger partial charge is 1.00 e. The summed E-state index contributed by atoms with van der Waals surface area (Å²) in [5.74, 6) is 3.55. The molecule has 0 spiro atoms. The first-order valence-electron chi connectivity index (χ1n) is 16.9. The second-order valence-electron chi connectivity index (χ2n) is 15.3. The Morgan fingerprint density at radius 1 is 0.364 bits per heavy atom. The average Bonchev–Trinajstić information content (AvgIpc) is 2.90. The zero-order valence-electron chi connectivity index (χ0n) is 34.6. The Hall–Kier alpha value is -1.21. The maximum atomic E-state index is 4.26. The number of benzene rings is 3. The van der Waals surface area contributed by atoms with Crippen LogP contribution in [0.4, 0.5) is 0 Å². The Labute approximate surface area is 300 Å². The van der Waals surface area contributed by atoms with E-state index in [0.717, 1.165) is 0 Å². The molecule has 0 aromatic heterocycles. The van der Waals surface area contributed by atoms with Gasteiger partial charge < -0.3 is 4.28 Å². The van der Waals surface area contributed by atoms with Gasteiger partial charge in [0.1, 0.15) is 0 Å². The molecule has 0 aliphatic heterocycles. The largest absolute Gasteiger partial charge is 3.00 e. The normalized spacial score (nSPS) is 12.0. The Morgan fingerprint density at radius 2 is 0.591 bits per heavy atom. The molecule has 0 bridgehead atoms. The van der Waals surface area contributed by atoms with Crippen LogP contribution >= 0.6 is 0 Å². The molecule has 0 aliphatic rings. The predicted octanol–water partition coefficient (Wildman–Crippen LogP) is 10.8. The molecule has 2 heteroatoms. The summed E-state index contributed by atoms with van der Waals surface area (Å²) in [6, 6.07) is 16.8. The van der Waals surface area contributed by atoms with Crippen molar-refractivity contribution in [3.8, 4) is 22.3 Å². The van der Waals surface area contributed by atoms with Gasteiger partial charge >= 0.3 is 36.2 Å². The Morgan fingerprint density at radius 3 is 0.773 bits per heavy atom. The van der Waals surface area contributed by atoms with Gasteiger partial charge in [-0.2, -0.15) is 0 Å². The minimum atomic E-state index is 0. The summed E-state index contributed by atoms with van der Waals surface area (Å²) in [5, 5.41) is 0. The van der Waals surface area contributed by atoms with E-state index in [1.165, 1.54) is 66.8 Å². The minimum Gasteiger partial charge on any atom is -1.00 e. The number of hydrogen-bond acceptors (Lipinski definition) is 0. The van der Waals surface area contributed by atoms with Gasteiger partial charge in [0.2, 0.25) is 0 Å². The van der Waals surface area contributed by atoms with E-state index in [0.29, 0.717) is 47.3 Å². The summed E-state index contributed by atoms with van der Waals surface area (Å²) in [6.07, 6.45) is 0. The number of hydrogen-bond donors (Lipinski definition) is 0. The second-order valence-corrected chi connectivity index (χ2v) is 15.3.